The number of hydrogen-bond donors (Lipinski definition) is 3. The van der Waals surface area contributed by atoms with Crippen LogP contribution in [-0.4, -0.2) is 35.9 Å². The van der Waals surface area contributed by atoms with Crippen LogP contribution in [0, 0.1) is 5.92 Å². The van der Waals surface area contributed by atoms with E-state index in [1.165, 1.54) is 12.3 Å². The van der Waals surface area contributed by atoms with Crippen molar-refractivity contribution in [2.75, 3.05) is 18.4 Å². The number of carbonyl (C=O) groups is 2. The van der Waals surface area contributed by atoms with Crippen LogP contribution in [-0.2, 0) is 11.0 Å². The molecule has 0 fully saturated rings. The van der Waals surface area contributed by atoms with E-state index >= 15 is 0 Å². The molecule has 2 aromatic rings. The molecule has 162 valence electrons. The van der Waals surface area contributed by atoms with Crippen LogP contribution in [0.3, 0.4) is 0 Å². The van der Waals surface area contributed by atoms with Gasteiger partial charge in [0.15, 0.2) is 0 Å². The van der Waals surface area contributed by atoms with Crippen molar-refractivity contribution in [3.63, 3.8) is 0 Å². The molecule has 0 radical (unpaired) electrons. The first-order chi connectivity index (χ1) is 14.1. The summed E-state index contributed by atoms with van der Waals surface area (Å²) in [5.41, 5.74) is -0.527. The summed E-state index contributed by atoms with van der Waals surface area (Å²) >= 11 is 5.80. The van der Waals surface area contributed by atoms with Gasteiger partial charge in [0.05, 0.1) is 5.56 Å². The molecule has 0 saturated carbocycles. The van der Waals surface area contributed by atoms with Crippen molar-refractivity contribution >= 4 is 29.2 Å². The third kappa shape index (κ3) is 6.62. The molecule has 0 aliphatic carbocycles. The number of nitrogens with one attached hydrogen (secondary N) is 3. The molecule has 6 nitrogen and oxygen atoms in total. The van der Waals surface area contributed by atoms with E-state index in [4.69, 9.17) is 11.6 Å². The molecule has 0 spiro atoms. The van der Waals surface area contributed by atoms with E-state index in [0.717, 1.165) is 6.07 Å². The zero-order chi connectivity index (χ0) is 22.3. The van der Waals surface area contributed by atoms with Gasteiger partial charge in [-0.25, -0.2) is 4.98 Å². The number of alkyl halides is 3. The number of amides is 2. The fourth-order valence-electron chi connectivity index (χ4n) is 2.61. The number of benzene rings is 1. The largest absolute Gasteiger partial charge is 0.419 e. The van der Waals surface area contributed by atoms with E-state index in [1.54, 1.807) is 38.1 Å². The first-order valence-electron chi connectivity index (χ1n) is 9.20. The van der Waals surface area contributed by atoms with Gasteiger partial charge in [-0.15, -0.1) is 0 Å². The molecule has 2 amide bonds. The van der Waals surface area contributed by atoms with E-state index in [2.05, 4.69) is 20.9 Å². The van der Waals surface area contributed by atoms with Crippen molar-refractivity contribution in [3.05, 3.63) is 58.7 Å². The van der Waals surface area contributed by atoms with E-state index in [9.17, 15) is 22.8 Å². The molecule has 2 rings (SSSR count). The summed E-state index contributed by atoms with van der Waals surface area (Å²) in [6.45, 7) is 3.62. The Morgan fingerprint density at radius 3 is 2.37 bits per heavy atom. The van der Waals surface area contributed by atoms with Gasteiger partial charge in [0, 0.05) is 29.9 Å². The second-order valence-electron chi connectivity index (χ2n) is 6.82. The lowest BCUT2D eigenvalue weighted by molar-refractivity contribution is -0.137. The van der Waals surface area contributed by atoms with Gasteiger partial charge in [-0.05, 0) is 42.3 Å². The van der Waals surface area contributed by atoms with Gasteiger partial charge in [0.25, 0.3) is 5.91 Å². The number of nitrogens with zero attached hydrogens (tertiary/aromatic N) is 1. The zero-order valence-electron chi connectivity index (χ0n) is 16.4. The molecule has 1 heterocycles. The quantitative estimate of drug-likeness (QED) is 0.544. The predicted molar refractivity (Wildman–Crippen MR) is 108 cm³/mol. The van der Waals surface area contributed by atoms with Crippen LogP contribution in [0.4, 0.5) is 19.0 Å². The van der Waals surface area contributed by atoms with E-state index in [-0.39, 0.29) is 24.8 Å². The van der Waals surface area contributed by atoms with Crippen LogP contribution >= 0.6 is 11.6 Å². The molecule has 0 saturated heterocycles. The van der Waals surface area contributed by atoms with Crippen LogP contribution in [0.1, 0.15) is 29.8 Å². The van der Waals surface area contributed by atoms with Gasteiger partial charge >= 0.3 is 6.18 Å². The Kier molecular flexibility index (Phi) is 8.05. The van der Waals surface area contributed by atoms with Crippen LogP contribution in [0.25, 0.3) is 0 Å². The van der Waals surface area contributed by atoms with E-state index < -0.39 is 29.6 Å². The third-order valence-corrected chi connectivity index (χ3v) is 4.42. The molecular weight excluding hydrogens is 421 g/mol. The van der Waals surface area contributed by atoms with Gasteiger partial charge in [-0.1, -0.05) is 25.4 Å². The van der Waals surface area contributed by atoms with Crippen molar-refractivity contribution in [1.82, 2.24) is 15.6 Å². The number of halogens is 4. The van der Waals surface area contributed by atoms with Gasteiger partial charge in [-0.3, -0.25) is 9.59 Å². The van der Waals surface area contributed by atoms with Crippen LogP contribution in [0.15, 0.2) is 42.6 Å². The normalized spacial score (nSPS) is 12.4. The molecule has 1 atom stereocenters. The van der Waals surface area contributed by atoms with Gasteiger partial charge < -0.3 is 16.0 Å². The molecule has 30 heavy (non-hydrogen) atoms. The second kappa shape index (κ2) is 10.3. The van der Waals surface area contributed by atoms with Crippen LogP contribution in [0.5, 0.6) is 0 Å². The lowest BCUT2D eigenvalue weighted by atomic mass is 10.0. The number of pyridine rings is 1. The first-order valence-corrected chi connectivity index (χ1v) is 9.57. The fourth-order valence-corrected chi connectivity index (χ4v) is 2.74. The molecule has 1 aromatic carbocycles. The smallest absolute Gasteiger partial charge is 0.368 e. The molecule has 0 unspecified atom stereocenters. The minimum absolute atomic E-state index is 0.0295. The Hall–Kier alpha value is -2.81. The first kappa shape index (κ1) is 23.5. The molecule has 0 aliphatic rings. The zero-order valence-corrected chi connectivity index (χ0v) is 17.1. The highest BCUT2D eigenvalue weighted by molar-refractivity contribution is 6.30. The minimum Gasteiger partial charge on any atom is -0.368 e. The highest BCUT2D eigenvalue weighted by Gasteiger charge is 2.34. The Balaban J connectivity index is 1.90. The summed E-state index contributed by atoms with van der Waals surface area (Å²) in [4.78, 5) is 28.5. The lowest BCUT2D eigenvalue weighted by Gasteiger charge is -2.22. The molecule has 0 bridgehead atoms. The highest BCUT2D eigenvalue weighted by atomic mass is 35.5. The average molecular weight is 443 g/mol. The maximum Gasteiger partial charge on any atom is 0.419 e. The SMILES string of the molecule is CC(C)[C@@H](NC(=O)c1ccc(Cl)cc1)C(=O)NCCNc1ncccc1C(F)(F)F. The Labute approximate surface area is 177 Å². The van der Waals surface area contributed by atoms with Gasteiger partial charge in [-0.2, -0.15) is 13.2 Å². The minimum atomic E-state index is -4.53. The molecule has 0 aliphatic heterocycles. The number of aromatic nitrogens is 1. The summed E-state index contributed by atoms with van der Waals surface area (Å²) < 4.78 is 38.9. The average Bonchev–Trinajstić information content (AvgIpc) is 2.69. The van der Waals surface area contributed by atoms with Crippen molar-refractivity contribution in [2.45, 2.75) is 26.1 Å². The standard InChI is InChI=1S/C20H22ClF3N4O2/c1-12(2)16(28-18(29)13-5-7-14(21)8-6-13)19(30)27-11-10-26-17-15(20(22,23)24)4-3-9-25-17/h3-9,12,16H,10-11H2,1-2H3,(H,25,26)(H,27,30)(H,28,29)/t16-/m1/s1. The Morgan fingerprint density at radius 1 is 1.10 bits per heavy atom. The summed E-state index contributed by atoms with van der Waals surface area (Å²) in [5, 5.41) is 8.33. The van der Waals surface area contributed by atoms with Crippen LogP contribution in [0.2, 0.25) is 5.02 Å². The maximum atomic E-state index is 13.0. The van der Waals surface area contributed by atoms with Crippen molar-refractivity contribution in [1.29, 1.82) is 0 Å². The van der Waals surface area contributed by atoms with E-state index in [1.807, 2.05) is 0 Å². The van der Waals surface area contributed by atoms with Crippen molar-refractivity contribution < 1.29 is 22.8 Å². The third-order valence-electron chi connectivity index (χ3n) is 4.17. The predicted octanol–water partition coefficient (Wildman–Crippen LogP) is 3.74. The van der Waals surface area contributed by atoms with Crippen molar-refractivity contribution in [2.24, 2.45) is 5.92 Å². The maximum absolute atomic E-state index is 13.0. The lowest BCUT2D eigenvalue weighted by Crippen LogP contribution is -2.50. The summed E-state index contributed by atoms with van der Waals surface area (Å²) in [6, 6.07) is 7.54. The number of anilines is 1. The molecule has 1 aromatic heterocycles. The van der Waals surface area contributed by atoms with Crippen LogP contribution < -0.4 is 16.0 Å². The van der Waals surface area contributed by atoms with Gasteiger partial charge in [0.2, 0.25) is 5.91 Å². The second-order valence-corrected chi connectivity index (χ2v) is 7.25. The number of carbonyl (C=O) groups excluding carboxylic acids is 2. The molecular formula is C20H22ClF3N4O2. The Bertz CT molecular complexity index is 873. The summed E-state index contributed by atoms with van der Waals surface area (Å²) in [7, 11) is 0. The number of hydrogen-bond acceptors (Lipinski definition) is 4. The monoisotopic (exact) mass is 442 g/mol. The van der Waals surface area contributed by atoms with E-state index in [0.29, 0.717) is 10.6 Å². The summed E-state index contributed by atoms with van der Waals surface area (Å²) in [5.74, 6) is -1.38. The summed E-state index contributed by atoms with van der Waals surface area (Å²) in [6.07, 6.45) is -3.29. The molecule has 10 heteroatoms. The van der Waals surface area contributed by atoms with Crippen molar-refractivity contribution in [3.8, 4) is 0 Å². The topological polar surface area (TPSA) is 83.1 Å². The molecule has 3 N–H and O–H groups in total. The Morgan fingerprint density at radius 2 is 1.77 bits per heavy atom. The van der Waals surface area contributed by atoms with Gasteiger partial charge in [0.1, 0.15) is 11.9 Å². The fraction of sp³-hybridized carbons (Fsp3) is 0.350. The highest BCUT2D eigenvalue weighted by Crippen LogP contribution is 2.33. The number of rotatable bonds is 8.